The van der Waals surface area contributed by atoms with Gasteiger partial charge in [-0.2, -0.15) is 0 Å². The summed E-state index contributed by atoms with van der Waals surface area (Å²) in [6.07, 6.45) is 1.43. The molecular formula is C20H31N3O4. The number of methoxy groups -OCH3 is 1. The van der Waals surface area contributed by atoms with Crippen LogP contribution in [-0.4, -0.2) is 60.8 Å². The number of ether oxygens (including phenoxy) is 2. The highest BCUT2D eigenvalue weighted by Gasteiger charge is 2.29. The Labute approximate surface area is 161 Å². The highest BCUT2D eigenvalue weighted by Crippen LogP contribution is 2.25. The highest BCUT2D eigenvalue weighted by atomic mass is 16.6. The summed E-state index contributed by atoms with van der Waals surface area (Å²) in [4.78, 5) is 32.6. The summed E-state index contributed by atoms with van der Waals surface area (Å²) in [5, 5.41) is 0. The molecule has 1 amide bonds. The molecule has 7 heteroatoms. The van der Waals surface area contributed by atoms with E-state index in [1.165, 1.54) is 7.11 Å². The molecule has 1 aliphatic heterocycles. The fourth-order valence-corrected chi connectivity index (χ4v) is 3.35. The third-order valence-electron chi connectivity index (χ3n) is 4.80. The first kappa shape index (κ1) is 21.0. The van der Waals surface area contributed by atoms with Crippen molar-refractivity contribution in [3.63, 3.8) is 0 Å². The average Bonchev–Trinajstić information content (AvgIpc) is 2.58. The minimum absolute atomic E-state index is 0.254. The van der Waals surface area contributed by atoms with E-state index in [0.29, 0.717) is 24.3 Å². The Balaban J connectivity index is 2.05. The molecule has 0 unspecified atom stereocenters. The largest absolute Gasteiger partial charge is 0.465 e. The number of anilines is 1. The number of hydrogen-bond acceptors (Lipinski definition) is 6. The van der Waals surface area contributed by atoms with Crippen molar-refractivity contribution in [3.05, 3.63) is 22.9 Å². The number of carbonyl (C=O) groups is 2. The SMILES string of the molecule is COC(=O)c1c(C)cc(N(C)C2CCN(C(=O)OC(C)(C)C)CC2)nc1C. The first-order valence-electron chi connectivity index (χ1n) is 9.31. The van der Waals surface area contributed by atoms with Crippen molar-refractivity contribution in [1.82, 2.24) is 9.88 Å². The molecule has 150 valence electrons. The zero-order valence-electron chi connectivity index (χ0n) is 17.5. The summed E-state index contributed by atoms with van der Waals surface area (Å²) >= 11 is 0. The van der Waals surface area contributed by atoms with E-state index in [4.69, 9.17) is 9.47 Å². The van der Waals surface area contributed by atoms with Crippen molar-refractivity contribution in [3.8, 4) is 0 Å². The summed E-state index contributed by atoms with van der Waals surface area (Å²) in [5.74, 6) is 0.464. The second-order valence-electron chi connectivity index (χ2n) is 8.06. The first-order valence-corrected chi connectivity index (χ1v) is 9.31. The minimum Gasteiger partial charge on any atom is -0.465 e. The Bertz CT molecular complexity index is 681. The van der Waals surface area contributed by atoms with E-state index in [1.54, 1.807) is 4.90 Å². The van der Waals surface area contributed by atoms with E-state index in [-0.39, 0.29) is 18.1 Å². The molecule has 0 saturated carbocycles. The molecule has 2 heterocycles. The van der Waals surface area contributed by atoms with Gasteiger partial charge in [-0.05, 0) is 59.1 Å². The molecule has 1 aromatic rings. The number of esters is 1. The zero-order valence-corrected chi connectivity index (χ0v) is 17.5. The van der Waals surface area contributed by atoms with Crippen LogP contribution < -0.4 is 4.90 Å². The van der Waals surface area contributed by atoms with Gasteiger partial charge in [-0.3, -0.25) is 0 Å². The van der Waals surface area contributed by atoms with Gasteiger partial charge in [-0.15, -0.1) is 0 Å². The monoisotopic (exact) mass is 377 g/mol. The van der Waals surface area contributed by atoms with Gasteiger partial charge in [0.15, 0.2) is 0 Å². The van der Waals surface area contributed by atoms with Crippen molar-refractivity contribution in [2.45, 2.75) is 59.1 Å². The Morgan fingerprint density at radius 3 is 2.30 bits per heavy atom. The molecular weight excluding hydrogens is 346 g/mol. The molecule has 0 aliphatic carbocycles. The van der Waals surface area contributed by atoms with Gasteiger partial charge in [0.1, 0.15) is 11.4 Å². The van der Waals surface area contributed by atoms with E-state index in [2.05, 4.69) is 9.88 Å². The predicted octanol–water partition coefficient (Wildman–Crippen LogP) is 3.32. The van der Waals surface area contributed by atoms with Crippen LogP contribution in [0, 0.1) is 13.8 Å². The lowest BCUT2D eigenvalue weighted by atomic mass is 10.0. The highest BCUT2D eigenvalue weighted by molar-refractivity contribution is 5.92. The maximum Gasteiger partial charge on any atom is 0.410 e. The fraction of sp³-hybridized carbons (Fsp3) is 0.650. The number of pyridine rings is 1. The Morgan fingerprint density at radius 1 is 1.22 bits per heavy atom. The molecule has 1 fully saturated rings. The van der Waals surface area contributed by atoms with Gasteiger partial charge in [0.2, 0.25) is 0 Å². The number of carbonyl (C=O) groups excluding carboxylic acids is 2. The third kappa shape index (κ3) is 5.11. The molecule has 7 nitrogen and oxygen atoms in total. The standard InChI is InChI=1S/C20H31N3O4/c1-13-12-16(21-14(2)17(13)18(24)26-7)22(6)15-8-10-23(11-9-15)19(25)27-20(3,4)5/h12,15H,8-11H2,1-7H3. The van der Waals surface area contributed by atoms with Gasteiger partial charge in [0.25, 0.3) is 0 Å². The van der Waals surface area contributed by atoms with Crippen LogP contribution in [0.25, 0.3) is 0 Å². The average molecular weight is 377 g/mol. The molecule has 0 radical (unpaired) electrons. The molecule has 0 spiro atoms. The molecule has 27 heavy (non-hydrogen) atoms. The Morgan fingerprint density at radius 2 is 1.81 bits per heavy atom. The predicted molar refractivity (Wildman–Crippen MR) is 104 cm³/mol. The molecule has 1 aromatic heterocycles. The molecule has 0 bridgehead atoms. The lowest BCUT2D eigenvalue weighted by Crippen LogP contribution is -2.47. The minimum atomic E-state index is -0.481. The number of aromatic nitrogens is 1. The lowest BCUT2D eigenvalue weighted by Gasteiger charge is -2.38. The van der Waals surface area contributed by atoms with Crippen LogP contribution in [0.5, 0.6) is 0 Å². The van der Waals surface area contributed by atoms with E-state index in [0.717, 1.165) is 24.2 Å². The van der Waals surface area contributed by atoms with E-state index >= 15 is 0 Å². The number of aryl methyl sites for hydroxylation is 2. The van der Waals surface area contributed by atoms with E-state index < -0.39 is 5.60 Å². The Hall–Kier alpha value is -2.31. The van der Waals surface area contributed by atoms with Gasteiger partial charge in [-0.25, -0.2) is 14.6 Å². The van der Waals surface area contributed by atoms with Crippen LogP contribution >= 0.6 is 0 Å². The number of rotatable bonds is 3. The molecule has 0 aromatic carbocycles. The second kappa shape index (κ2) is 8.15. The molecule has 2 rings (SSSR count). The number of piperidine rings is 1. The summed E-state index contributed by atoms with van der Waals surface area (Å²) < 4.78 is 10.3. The zero-order chi connectivity index (χ0) is 20.4. The number of nitrogens with zero attached hydrogens (tertiary/aromatic N) is 3. The topological polar surface area (TPSA) is 72.0 Å². The number of hydrogen-bond donors (Lipinski definition) is 0. The second-order valence-corrected chi connectivity index (χ2v) is 8.06. The maximum atomic E-state index is 12.2. The lowest BCUT2D eigenvalue weighted by molar-refractivity contribution is 0.0205. The normalized spacial score (nSPS) is 15.4. The van der Waals surface area contributed by atoms with Crippen molar-refractivity contribution < 1.29 is 19.1 Å². The molecule has 0 atom stereocenters. The van der Waals surface area contributed by atoms with Crippen molar-refractivity contribution >= 4 is 17.9 Å². The third-order valence-corrected chi connectivity index (χ3v) is 4.80. The number of likely N-dealkylation sites (tertiary alicyclic amines) is 1. The molecule has 1 aliphatic rings. The summed E-state index contributed by atoms with van der Waals surface area (Å²) in [7, 11) is 3.38. The van der Waals surface area contributed by atoms with Crippen LogP contribution in [0.15, 0.2) is 6.07 Å². The summed E-state index contributed by atoms with van der Waals surface area (Å²) in [6.45, 7) is 10.6. The van der Waals surface area contributed by atoms with Gasteiger partial charge >= 0.3 is 12.1 Å². The van der Waals surface area contributed by atoms with Crippen molar-refractivity contribution in [2.24, 2.45) is 0 Å². The molecule has 1 saturated heterocycles. The van der Waals surface area contributed by atoms with Crippen molar-refractivity contribution in [1.29, 1.82) is 0 Å². The number of amides is 1. The van der Waals surface area contributed by atoms with Gasteiger partial charge in [-0.1, -0.05) is 0 Å². The van der Waals surface area contributed by atoms with Gasteiger partial charge in [0.05, 0.1) is 18.4 Å². The van der Waals surface area contributed by atoms with E-state index in [9.17, 15) is 9.59 Å². The fourth-order valence-electron chi connectivity index (χ4n) is 3.35. The summed E-state index contributed by atoms with van der Waals surface area (Å²) in [6, 6.07) is 2.19. The van der Waals surface area contributed by atoms with Gasteiger partial charge < -0.3 is 19.3 Å². The molecule has 0 N–H and O–H groups in total. The quantitative estimate of drug-likeness (QED) is 0.753. The maximum absolute atomic E-state index is 12.2. The summed E-state index contributed by atoms with van der Waals surface area (Å²) in [5.41, 5.74) is 1.55. The smallest absolute Gasteiger partial charge is 0.410 e. The van der Waals surface area contributed by atoms with Crippen LogP contribution in [0.3, 0.4) is 0 Å². The Kier molecular flexibility index (Phi) is 6.34. The van der Waals surface area contributed by atoms with Crippen LogP contribution in [0.2, 0.25) is 0 Å². The van der Waals surface area contributed by atoms with Gasteiger partial charge in [0, 0.05) is 26.2 Å². The van der Waals surface area contributed by atoms with Crippen molar-refractivity contribution in [2.75, 3.05) is 32.1 Å². The van der Waals surface area contributed by atoms with Crippen LogP contribution in [-0.2, 0) is 9.47 Å². The van der Waals surface area contributed by atoms with E-state index in [1.807, 2.05) is 47.7 Å². The van der Waals surface area contributed by atoms with Crippen LogP contribution in [0.1, 0.15) is 55.2 Å². The first-order chi connectivity index (χ1) is 12.5. The van der Waals surface area contributed by atoms with Crippen LogP contribution in [0.4, 0.5) is 10.6 Å².